The normalized spacial score (nSPS) is 10.3. The number of aryl methyl sites for hydroxylation is 1. The molecule has 2 aromatic rings. The molecule has 0 amide bonds. The maximum Gasteiger partial charge on any atom is 0.354 e. The number of nitrogens with zero attached hydrogens (tertiary/aromatic N) is 1. The number of aromatic nitrogens is 1. The topological polar surface area (TPSA) is 62.2 Å². The molecule has 1 aromatic heterocycles. The highest BCUT2D eigenvalue weighted by atomic mass is 79.9. The molecule has 2 N–H and O–H groups in total. The highest BCUT2D eigenvalue weighted by Crippen LogP contribution is 2.31. The molecule has 0 atom stereocenters. The van der Waals surface area contributed by atoms with Crippen LogP contribution in [0.3, 0.4) is 0 Å². The number of hydrogen-bond acceptors (Lipinski definition) is 3. The number of pyridine rings is 1. The molecule has 0 fully saturated rings. The van der Waals surface area contributed by atoms with Gasteiger partial charge in [0.1, 0.15) is 5.69 Å². The molecule has 98 valence electrons. The summed E-state index contributed by atoms with van der Waals surface area (Å²) in [7, 11) is 0. The molecule has 4 nitrogen and oxygen atoms in total. The Morgan fingerprint density at radius 1 is 1.42 bits per heavy atom. The van der Waals surface area contributed by atoms with Gasteiger partial charge in [0, 0.05) is 9.50 Å². The summed E-state index contributed by atoms with van der Waals surface area (Å²) in [5.41, 5.74) is 2.45. The van der Waals surface area contributed by atoms with E-state index in [9.17, 15) is 4.79 Å². The van der Waals surface area contributed by atoms with Crippen molar-refractivity contribution in [1.29, 1.82) is 0 Å². The van der Waals surface area contributed by atoms with Crippen LogP contribution in [0.2, 0.25) is 5.02 Å². The smallest absolute Gasteiger partial charge is 0.354 e. The van der Waals surface area contributed by atoms with E-state index in [0.29, 0.717) is 10.7 Å². The lowest BCUT2D eigenvalue weighted by molar-refractivity contribution is 0.0690. The second-order valence-corrected chi connectivity index (χ2v) is 5.21. The van der Waals surface area contributed by atoms with E-state index in [-0.39, 0.29) is 5.69 Å². The number of nitrogens with one attached hydrogen (secondary N) is 1. The zero-order valence-corrected chi connectivity index (χ0v) is 12.3. The summed E-state index contributed by atoms with van der Waals surface area (Å²) in [6.07, 6.45) is 1.46. The first-order chi connectivity index (χ1) is 8.97. The molecule has 0 bridgehead atoms. The highest BCUT2D eigenvalue weighted by Gasteiger charge is 2.07. The number of carbonyl (C=O) groups is 1. The average molecular weight is 342 g/mol. The molecule has 2 rings (SSSR count). The molecule has 6 heteroatoms. The zero-order valence-electron chi connectivity index (χ0n) is 9.95. The van der Waals surface area contributed by atoms with Crippen LogP contribution in [0, 0.1) is 6.92 Å². The third-order valence-corrected chi connectivity index (χ3v) is 3.57. The third kappa shape index (κ3) is 3.24. The summed E-state index contributed by atoms with van der Waals surface area (Å²) in [4.78, 5) is 14.5. The Balaban J connectivity index is 2.26. The van der Waals surface area contributed by atoms with E-state index in [0.717, 1.165) is 15.7 Å². The molecule has 1 aromatic carbocycles. The van der Waals surface area contributed by atoms with Crippen LogP contribution in [-0.4, -0.2) is 16.1 Å². The van der Waals surface area contributed by atoms with Crippen LogP contribution >= 0.6 is 27.5 Å². The van der Waals surface area contributed by atoms with Gasteiger partial charge in [-0.3, -0.25) is 0 Å². The molecule has 0 saturated carbocycles. The van der Waals surface area contributed by atoms with Gasteiger partial charge in [-0.05, 0) is 52.7 Å². The first-order valence-corrected chi connectivity index (χ1v) is 6.56. The van der Waals surface area contributed by atoms with Crippen molar-refractivity contribution >= 4 is 44.9 Å². The minimum absolute atomic E-state index is 0.00607. The number of hydrogen-bond donors (Lipinski definition) is 2. The maximum atomic E-state index is 10.7. The Hall–Kier alpha value is -1.59. The van der Waals surface area contributed by atoms with Gasteiger partial charge in [-0.25, -0.2) is 9.78 Å². The van der Waals surface area contributed by atoms with Crippen molar-refractivity contribution in [2.24, 2.45) is 0 Å². The van der Waals surface area contributed by atoms with Crippen molar-refractivity contribution in [3.05, 3.63) is 51.2 Å². The molecule has 0 aliphatic heterocycles. The second kappa shape index (κ2) is 5.59. The van der Waals surface area contributed by atoms with Crippen molar-refractivity contribution in [2.75, 3.05) is 5.32 Å². The Kier molecular flexibility index (Phi) is 4.07. The van der Waals surface area contributed by atoms with E-state index in [1.54, 1.807) is 12.1 Å². The van der Waals surface area contributed by atoms with E-state index < -0.39 is 5.97 Å². The minimum atomic E-state index is -1.05. The third-order valence-electron chi connectivity index (χ3n) is 2.51. The fourth-order valence-electron chi connectivity index (χ4n) is 1.49. The predicted molar refractivity (Wildman–Crippen MR) is 78.4 cm³/mol. The van der Waals surface area contributed by atoms with Gasteiger partial charge in [0.25, 0.3) is 0 Å². The largest absolute Gasteiger partial charge is 0.477 e. The second-order valence-electron chi connectivity index (χ2n) is 3.94. The molecule has 1 heterocycles. The Labute approximate surface area is 123 Å². The summed E-state index contributed by atoms with van der Waals surface area (Å²) >= 11 is 9.51. The Morgan fingerprint density at radius 3 is 2.74 bits per heavy atom. The Morgan fingerprint density at radius 2 is 2.16 bits per heavy atom. The van der Waals surface area contributed by atoms with Crippen molar-refractivity contribution in [3.8, 4) is 0 Å². The van der Waals surface area contributed by atoms with Gasteiger partial charge in [-0.2, -0.15) is 0 Å². The quantitative estimate of drug-likeness (QED) is 0.876. The SMILES string of the molecule is Cc1cc(Br)c(Nc2ccc(C(=O)O)nc2)cc1Cl. The summed E-state index contributed by atoms with van der Waals surface area (Å²) < 4.78 is 0.872. The van der Waals surface area contributed by atoms with Crippen LogP contribution in [0.1, 0.15) is 16.1 Å². The highest BCUT2D eigenvalue weighted by molar-refractivity contribution is 9.10. The molecule has 0 aliphatic carbocycles. The average Bonchev–Trinajstić information content (AvgIpc) is 2.36. The van der Waals surface area contributed by atoms with Gasteiger partial charge in [0.2, 0.25) is 0 Å². The molecule has 0 aliphatic rings. The monoisotopic (exact) mass is 340 g/mol. The van der Waals surface area contributed by atoms with Crippen molar-refractivity contribution in [2.45, 2.75) is 6.92 Å². The van der Waals surface area contributed by atoms with E-state index in [1.165, 1.54) is 12.3 Å². The molecule has 0 unspecified atom stereocenters. The van der Waals surface area contributed by atoms with Crippen molar-refractivity contribution < 1.29 is 9.90 Å². The molecule has 0 saturated heterocycles. The lowest BCUT2D eigenvalue weighted by Crippen LogP contribution is -2.00. The zero-order chi connectivity index (χ0) is 14.0. The van der Waals surface area contributed by atoms with Gasteiger partial charge in [0.05, 0.1) is 17.6 Å². The van der Waals surface area contributed by atoms with Crippen LogP contribution in [0.15, 0.2) is 34.9 Å². The van der Waals surface area contributed by atoms with E-state index >= 15 is 0 Å². The number of rotatable bonds is 3. The maximum absolute atomic E-state index is 10.7. The number of benzene rings is 1. The van der Waals surface area contributed by atoms with Crippen molar-refractivity contribution in [1.82, 2.24) is 4.98 Å². The van der Waals surface area contributed by atoms with Crippen molar-refractivity contribution in [3.63, 3.8) is 0 Å². The van der Waals surface area contributed by atoms with Gasteiger partial charge in [-0.15, -0.1) is 0 Å². The van der Waals surface area contributed by atoms with E-state index in [1.807, 2.05) is 13.0 Å². The van der Waals surface area contributed by atoms with E-state index in [2.05, 4.69) is 26.2 Å². The molecular formula is C13H10BrClN2O2. The fraction of sp³-hybridized carbons (Fsp3) is 0.0769. The number of halogens is 2. The van der Waals surface area contributed by atoms with Gasteiger partial charge in [-0.1, -0.05) is 11.6 Å². The lowest BCUT2D eigenvalue weighted by atomic mass is 10.2. The van der Waals surface area contributed by atoms with Crippen LogP contribution < -0.4 is 5.32 Å². The van der Waals surface area contributed by atoms with Gasteiger partial charge >= 0.3 is 5.97 Å². The fourth-order valence-corrected chi connectivity index (χ4v) is 2.21. The van der Waals surface area contributed by atoms with Gasteiger partial charge in [0.15, 0.2) is 0 Å². The minimum Gasteiger partial charge on any atom is -0.477 e. The summed E-state index contributed by atoms with van der Waals surface area (Å²) in [5.74, 6) is -1.05. The lowest BCUT2D eigenvalue weighted by Gasteiger charge is -2.10. The van der Waals surface area contributed by atoms with E-state index in [4.69, 9.17) is 16.7 Å². The van der Waals surface area contributed by atoms with Crippen LogP contribution in [0.5, 0.6) is 0 Å². The molecule has 0 spiro atoms. The number of anilines is 2. The van der Waals surface area contributed by atoms with Crippen LogP contribution in [0.25, 0.3) is 0 Å². The summed E-state index contributed by atoms with van der Waals surface area (Å²) in [5, 5.41) is 12.5. The van der Waals surface area contributed by atoms with Crippen LogP contribution in [-0.2, 0) is 0 Å². The molecule has 0 radical (unpaired) electrons. The molecule has 19 heavy (non-hydrogen) atoms. The first-order valence-electron chi connectivity index (χ1n) is 5.39. The first kappa shape index (κ1) is 13.8. The number of aromatic carboxylic acids is 1. The summed E-state index contributed by atoms with van der Waals surface area (Å²) in [6, 6.07) is 6.79. The van der Waals surface area contributed by atoms with Crippen LogP contribution in [0.4, 0.5) is 11.4 Å². The van der Waals surface area contributed by atoms with Gasteiger partial charge < -0.3 is 10.4 Å². The standard InChI is InChI=1S/C13H10BrClN2O2/c1-7-4-9(14)12(5-10(7)15)17-8-2-3-11(13(18)19)16-6-8/h2-6,17H,1H3,(H,18,19). The number of carboxylic acid groups (broad SMARTS) is 1. The Bertz CT molecular complexity index is 629. The number of carboxylic acids is 1. The predicted octanol–water partition coefficient (Wildman–Crippen LogP) is 4.25. The summed E-state index contributed by atoms with van der Waals surface area (Å²) in [6.45, 7) is 1.92. The molecular weight excluding hydrogens is 332 g/mol.